The van der Waals surface area contributed by atoms with Gasteiger partial charge in [-0.2, -0.15) is 9.21 Å². The third-order valence-electron chi connectivity index (χ3n) is 7.52. The molecular weight excluding hydrogens is 584 g/mol. The van der Waals surface area contributed by atoms with Gasteiger partial charge in [-0.05, 0) is 62.3 Å². The lowest BCUT2D eigenvalue weighted by Gasteiger charge is -2.42. The average molecular weight is 633 g/mol. The molecule has 0 heterocycles. The van der Waals surface area contributed by atoms with Crippen molar-refractivity contribution in [2.75, 3.05) is 13.1 Å². The minimum absolute atomic E-state index is 0.00255. The summed E-state index contributed by atoms with van der Waals surface area (Å²) in [7, 11) is -4.07. The monoisotopic (exact) mass is 632 g/mol. The van der Waals surface area contributed by atoms with Crippen LogP contribution in [0.25, 0.3) is 0 Å². The summed E-state index contributed by atoms with van der Waals surface area (Å²) in [4.78, 5) is 38.1. The van der Waals surface area contributed by atoms with Crippen LogP contribution < -0.4 is 5.32 Å². The molecule has 0 saturated heterocycles. The topological polar surface area (TPSA) is 157 Å². The minimum Gasteiger partial charge on any atom is -0.465 e. The van der Waals surface area contributed by atoms with Crippen molar-refractivity contribution in [1.82, 2.24) is 14.5 Å². The van der Waals surface area contributed by atoms with Crippen LogP contribution in [-0.4, -0.2) is 76.7 Å². The van der Waals surface area contributed by atoms with E-state index in [4.69, 9.17) is 0 Å². The number of benzene rings is 2. The zero-order valence-corrected chi connectivity index (χ0v) is 27.6. The summed E-state index contributed by atoms with van der Waals surface area (Å²) in [6, 6.07) is 13.1. The molecule has 0 fully saturated rings. The van der Waals surface area contributed by atoms with E-state index in [1.54, 1.807) is 20.8 Å². The Morgan fingerprint density at radius 2 is 1.55 bits per heavy atom. The molecule has 0 bridgehead atoms. The van der Waals surface area contributed by atoms with Gasteiger partial charge < -0.3 is 15.5 Å². The van der Waals surface area contributed by atoms with Crippen LogP contribution in [0.15, 0.2) is 64.7 Å². The second-order valence-electron chi connectivity index (χ2n) is 12.7. The first kappa shape index (κ1) is 36.8. The van der Waals surface area contributed by atoms with Gasteiger partial charge in [0.25, 0.3) is 0 Å². The van der Waals surface area contributed by atoms with Gasteiger partial charge in [0.05, 0.1) is 17.0 Å². The van der Waals surface area contributed by atoms with Crippen LogP contribution in [-0.2, 0) is 27.8 Å². The van der Waals surface area contributed by atoms with E-state index in [0.717, 1.165) is 10.5 Å². The van der Waals surface area contributed by atoms with Crippen LogP contribution in [0.3, 0.4) is 0 Å². The quantitative estimate of drug-likeness (QED) is 0.223. The number of sulfonamides is 1. The number of carbonyl (C=O) groups excluding carboxylic acids is 1. The molecule has 2 rings (SSSR count). The summed E-state index contributed by atoms with van der Waals surface area (Å²) in [5.74, 6) is -0.979. The molecule has 0 saturated carbocycles. The molecule has 12 heteroatoms. The first-order chi connectivity index (χ1) is 20.5. The van der Waals surface area contributed by atoms with Crippen molar-refractivity contribution in [2.24, 2.45) is 17.0 Å². The zero-order valence-electron chi connectivity index (χ0n) is 26.8. The summed E-state index contributed by atoms with van der Waals surface area (Å²) >= 11 is 0. The van der Waals surface area contributed by atoms with Crippen LogP contribution in [0.1, 0.15) is 66.0 Å². The number of hydrogen-bond acceptors (Lipinski definition) is 7. The molecule has 0 spiro atoms. The molecule has 0 aliphatic rings. The van der Waals surface area contributed by atoms with Crippen molar-refractivity contribution in [3.8, 4) is 0 Å². The van der Waals surface area contributed by atoms with Crippen molar-refractivity contribution in [3.63, 3.8) is 0 Å². The highest BCUT2D eigenvalue weighted by Gasteiger charge is 2.41. The van der Waals surface area contributed by atoms with E-state index in [2.05, 4.69) is 10.5 Å². The first-order valence-electron chi connectivity index (χ1n) is 15.0. The van der Waals surface area contributed by atoms with Crippen molar-refractivity contribution in [2.45, 2.75) is 96.5 Å². The molecule has 0 aliphatic heterocycles. The van der Waals surface area contributed by atoms with E-state index in [1.165, 1.54) is 28.6 Å². The van der Waals surface area contributed by atoms with E-state index in [9.17, 15) is 33.1 Å². The smallest absolute Gasteiger partial charge is 0.408 e. The van der Waals surface area contributed by atoms with Crippen molar-refractivity contribution in [1.29, 1.82) is 0 Å². The van der Waals surface area contributed by atoms with Crippen LogP contribution in [0.5, 0.6) is 0 Å². The maximum absolute atomic E-state index is 13.9. The predicted molar refractivity (Wildman–Crippen MR) is 170 cm³/mol. The van der Waals surface area contributed by atoms with E-state index < -0.39 is 45.8 Å². The number of nitrogens with one attached hydrogen (secondary N) is 1. The number of rotatable bonds is 16. The molecule has 44 heavy (non-hydrogen) atoms. The number of aliphatic hydroxyl groups is 1. The van der Waals surface area contributed by atoms with E-state index in [0.29, 0.717) is 12.0 Å². The Morgan fingerprint density at radius 3 is 2.02 bits per heavy atom. The minimum atomic E-state index is -4.07. The van der Waals surface area contributed by atoms with Crippen LogP contribution in [0.4, 0.5) is 4.79 Å². The van der Waals surface area contributed by atoms with Crippen LogP contribution >= 0.6 is 0 Å². The SMILES string of the molecule is CC[C@H](C)[C@@H](C(=O)N[C@@H](Cc1ccccc1)[C@H](O)CN(CC(C)C)S(=O)(=O)c1ccc(CN=O)cc1)N(C(=O)O)C(C)(C)C. The van der Waals surface area contributed by atoms with Crippen molar-refractivity contribution in [3.05, 3.63) is 70.6 Å². The molecule has 0 aliphatic carbocycles. The van der Waals surface area contributed by atoms with Gasteiger partial charge in [-0.1, -0.05) is 81.8 Å². The predicted octanol–water partition coefficient (Wildman–Crippen LogP) is 4.88. The van der Waals surface area contributed by atoms with Crippen LogP contribution in [0, 0.1) is 16.7 Å². The maximum Gasteiger partial charge on any atom is 0.408 e. The molecule has 11 nitrogen and oxygen atoms in total. The fraction of sp³-hybridized carbons (Fsp3) is 0.562. The lowest BCUT2D eigenvalue weighted by Crippen LogP contribution is -2.61. The van der Waals surface area contributed by atoms with Gasteiger partial charge in [0.1, 0.15) is 12.6 Å². The molecule has 244 valence electrons. The number of nitroso groups, excluding NO2 is 1. The first-order valence-corrected chi connectivity index (χ1v) is 16.4. The van der Waals surface area contributed by atoms with Crippen LogP contribution in [0.2, 0.25) is 0 Å². The Bertz CT molecular complexity index is 1330. The molecule has 0 aromatic heterocycles. The van der Waals surface area contributed by atoms with Gasteiger partial charge in [0, 0.05) is 18.6 Å². The highest BCUT2D eigenvalue weighted by molar-refractivity contribution is 7.89. The van der Waals surface area contributed by atoms with Crippen molar-refractivity contribution < 1.29 is 28.2 Å². The number of carbonyl (C=O) groups is 2. The summed E-state index contributed by atoms with van der Waals surface area (Å²) in [5, 5.41) is 27.5. The highest BCUT2D eigenvalue weighted by atomic mass is 32.2. The summed E-state index contributed by atoms with van der Waals surface area (Å²) in [5.41, 5.74) is 0.492. The molecular formula is C32H48N4O7S. The Kier molecular flexibility index (Phi) is 13.5. The highest BCUT2D eigenvalue weighted by Crippen LogP contribution is 2.25. The number of aliphatic hydroxyl groups excluding tert-OH is 1. The normalized spacial score (nSPS) is 15.0. The zero-order chi connectivity index (χ0) is 33.2. The molecule has 0 unspecified atom stereocenters. The fourth-order valence-corrected chi connectivity index (χ4v) is 6.72. The third kappa shape index (κ3) is 10.1. The summed E-state index contributed by atoms with van der Waals surface area (Å²) < 4.78 is 28.7. The Hall–Kier alpha value is -3.35. The van der Waals surface area contributed by atoms with Gasteiger partial charge in [-0.3, -0.25) is 9.69 Å². The Morgan fingerprint density at radius 1 is 0.955 bits per heavy atom. The molecule has 3 N–H and O–H groups in total. The van der Waals surface area contributed by atoms with Crippen molar-refractivity contribution >= 4 is 22.0 Å². The van der Waals surface area contributed by atoms with E-state index >= 15 is 0 Å². The van der Waals surface area contributed by atoms with E-state index in [-0.39, 0.29) is 42.8 Å². The second kappa shape index (κ2) is 16.1. The molecule has 2 amide bonds. The second-order valence-corrected chi connectivity index (χ2v) is 14.6. The van der Waals surface area contributed by atoms with Gasteiger partial charge >= 0.3 is 6.09 Å². The average Bonchev–Trinajstić information content (AvgIpc) is 2.94. The molecule has 0 radical (unpaired) electrons. The van der Waals surface area contributed by atoms with Gasteiger partial charge in [-0.25, -0.2) is 13.2 Å². The number of nitrogens with zero attached hydrogens (tertiary/aromatic N) is 3. The van der Waals surface area contributed by atoms with E-state index in [1.807, 2.05) is 58.0 Å². The Labute approximate surface area is 261 Å². The number of carboxylic acid groups (broad SMARTS) is 1. The summed E-state index contributed by atoms with van der Waals surface area (Å²) in [6.07, 6.45) is -1.85. The molecule has 4 atom stereocenters. The fourth-order valence-electron chi connectivity index (χ4n) is 5.10. The largest absolute Gasteiger partial charge is 0.465 e. The molecule has 2 aromatic carbocycles. The lowest BCUT2D eigenvalue weighted by molar-refractivity contribution is -0.131. The summed E-state index contributed by atoms with van der Waals surface area (Å²) in [6.45, 7) is 12.3. The van der Waals surface area contributed by atoms with Gasteiger partial charge in [0.15, 0.2) is 0 Å². The van der Waals surface area contributed by atoms with Gasteiger partial charge in [0.2, 0.25) is 15.9 Å². The number of amides is 2. The standard InChI is InChI=1S/C32H48N4O7S/c1-8-23(4)29(36(31(39)40)32(5,6)7)30(38)34-27(18-24-12-10-9-11-13-24)28(37)21-35(20-22(2)3)44(42,43)26-16-14-25(15-17-26)19-33-41/h9-17,22-23,27-29,37H,8,18-21H2,1-7H3,(H,34,38)(H,39,40)/t23-,27-,28+,29-/m0/s1. The number of hydrogen-bond donors (Lipinski definition) is 3. The Balaban J connectivity index is 2.49. The molecule has 2 aromatic rings. The third-order valence-corrected chi connectivity index (χ3v) is 9.36. The van der Waals surface area contributed by atoms with Gasteiger partial charge in [-0.15, -0.1) is 0 Å². The maximum atomic E-state index is 13.9. The lowest BCUT2D eigenvalue weighted by atomic mass is 9.91.